The maximum absolute atomic E-state index is 12.1. The first-order valence-corrected chi connectivity index (χ1v) is 7.46. The highest BCUT2D eigenvalue weighted by Gasteiger charge is 2.21. The van der Waals surface area contributed by atoms with Crippen LogP contribution in [-0.2, 0) is 16.0 Å². The standard InChI is InChI=1S/C17H22N2O3/c1-10(2)7-14(17(21)22)19-15(20)8-12-9-18-16-11(3)5-4-6-13(12)16/h4-6,9-10,14,18H,7-8H2,1-3H3,(H,19,20)(H,21,22)/t14-/m1/s1. The Bertz CT molecular complexity index is 688. The summed E-state index contributed by atoms with van der Waals surface area (Å²) in [5, 5.41) is 12.8. The van der Waals surface area contributed by atoms with Gasteiger partial charge in [-0.3, -0.25) is 4.79 Å². The molecule has 0 radical (unpaired) electrons. The molecule has 0 spiro atoms. The van der Waals surface area contributed by atoms with E-state index in [-0.39, 0.29) is 18.2 Å². The molecule has 3 N–H and O–H groups in total. The highest BCUT2D eigenvalue weighted by Crippen LogP contribution is 2.21. The topological polar surface area (TPSA) is 82.2 Å². The van der Waals surface area contributed by atoms with E-state index in [4.69, 9.17) is 0 Å². The molecule has 1 aromatic carbocycles. The van der Waals surface area contributed by atoms with Gasteiger partial charge in [0.1, 0.15) is 6.04 Å². The van der Waals surface area contributed by atoms with E-state index in [1.54, 1.807) is 0 Å². The normalized spacial score (nSPS) is 12.5. The summed E-state index contributed by atoms with van der Waals surface area (Å²) in [6.45, 7) is 5.88. The summed E-state index contributed by atoms with van der Waals surface area (Å²) in [5.74, 6) is -1.05. The van der Waals surface area contributed by atoms with E-state index in [2.05, 4.69) is 10.3 Å². The zero-order valence-corrected chi connectivity index (χ0v) is 13.1. The molecule has 0 aliphatic heterocycles. The Kier molecular flexibility index (Phi) is 4.85. The number of amides is 1. The van der Waals surface area contributed by atoms with Crippen LogP contribution in [0.5, 0.6) is 0 Å². The first-order valence-electron chi connectivity index (χ1n) is 7.46. The average Bonchev–Trinajstić information content (AvgIpc) is 2.82. The predicted molar refractivity (Wildman–Crippen MR) is 85.8 cm³/mol. The van der Waals surface area contributed by atoms with Gasteiger partial charge in [0.15, 0.2) is 0 Å². The van der Waals surface area contributed by atoms with Crippen molar-refractivity contribution in [1.82, 2.24) is 10.3 Å². The van der Waals surface area contributed by atoms with Gasteiger partial charge in [-0.25, -0.2) is 4.79 Å². The van der Waals surface area contributed by atoms with Crippen LogP contribution in [0, 0.1) is 12.8 Å². The van der Waals surface area contributed by atoms with Crippen molar-refractivity contribution in [3.63, 3.8) is 0 Å². The fourth-order valence-electron chi connectivity index (χ4n) is 2.62. The molecule has 0 aliphatic rings. The van der Waals surface area contributed by atoms with Crippen molar-refractivity contribution < 1.29 is 14.7 Å². The number of carboxylic acid groups (broad SMARTS) is 1. The van der Waals surface area contributed by atoms with E-state index >= 15 is 0 Å². The monoisotopic (exact) mass is 302 g/mol. The lowest BCUT2D eigenvalue weighted by atomic mass is 10.0. The van der Waals surface area contributed by atoms with Crippen LogP contribution >= 0.6 is 0 Å². The van der Waals surface area contributed by atoms with E-state index < -0.39 is 12.0 Å². The maximum atomic E-state index is 12.1. The predicted octanol–water partition coefficient (Wildman–Crippen LogP) is 2.63. The van der Waals surface area contributed by atoms with Crippen molar-refractivity contribution in [3.05, 3.63) is 35.5 Å². The van der Waals surface area contributed by atoms with Gasteiger partial charge in [-0.1, -0.05) is 32.0 Å². The molecular weight excluding hydrogens is 280 g/mol. The van der Waals surface area contributed by atoms with Crippen LogP contribution in [0.4, 0.5) is 0 Å². The minimum absolute atomic E-state index is 0.172. The molecule has 1 amide bonds. The van der Waals surface area contributed by atoms with Crippen molar-refractivity contribution in [1.29, 1.82) is 0 Å². The largest absolute Gasteiger partial charge is 0.480 e. The molecule has 0 unspecified atom stereocenters. The Hall–Kier alpha value is -2.30. The average molecular weight is 302 g/mol. The second-order valence-electron chi connectivity index (χ2n) is 6.08. The Morgan fingerprint density at radius 1 is 1.32 bits per heavy atom. The number of aliphatic carboxylic acids is 1. The number of aromatic nitrogens is 1. The number of benzene rings is 1. The Morgan fingerprint density at radius 3 is 2.68 bits per heavy atom. The smallest absolute Gasteiger partial charge is 0.326 e. The third-order valence-corrected chi connectivity index (χ3v) is 3.70. The van der Waals surface area contributed by atoms with E-state index in [1.165, 1.54) is 0 Å². The summed E-state index contributed by atoms with van der Waals surface area (Å²) in [6.07, 6.45) is 2.41. The summed E-state index contributed by atoms with van der Waals surface area (Å²) < 4.78 is 0. The van der Waals surface area contributed by atoms with Crippen molar-refractivity contribution in [3.8, 4) is 0 Å². The lowest BCUT2D eigenvalue weighted by Crippen LogP contribution is -2.42. The lowest BCUT2D eigenvalue weighted by Gasteiger charge is -2.16. The van der Waals surface area contributed by atoms with Gasteiger partial charge in [0.2, 0.25) is 5.91 Å². The molecule has 0 fully saturated rings. The molecule has 1 aromatic heterocycles. The van der Waals surface area contributed by atoms with Gasteiger partial charge in [-0.15, -0.1) is 0 Å². The molecule has 22 heavy (non-hydrogen) atoms. The number of H-pyrrole nitrogens is 1. The zero-order valence-electron chi connectivity index (χ0n) is 13.1. The summed E-state index contributed by atoms with van der Waals surface area (Å²) in [7, 11) is 0. The van der Waals surface area contributed by atoms with E-state index in [0.29, 0.717) is 6.42 Å². The van der Waals surface area contributed by atoms with Gasteiger partial charge in [0.25, 0.3) is 0 Å². The molecule has 0 saturated carbocycles. The fraction of sp³-hybridized carbons (Fsp3) is 0.412. The number of fused-ring (bicyclic) bond motifs is 1. The van der Waals surface area contributed by atoms with Crippen LogP contribution in [0.15, 0.2) is 24.4 Å². The van der Waals surface area contributed by atoms with Gasteiger partial charge >= 0.3 is 5.97 Å². The summed E-state index contributed by atoms with van der Waals surface area (Å²) >= 11 is 0. The highest BCUT2D eigenvalue weighted by atomic mass is 16.4. The zero-order chi connectivity index (χ0) is 16.3. The Morgan fingerprint density at radius 2 is 2.05 bits per heavy atom. The summed E-state index contributed by atoms with van der Waals surface area (Å²) in [5.41, 5.74) is 3.01. The van der Waals surface area contributed by atoms with Crippen molar-refractivity contribution in [2.75, 3.05) is 0 Å². The molecule has 0 aliphatic carbocycles. The fourth-order valence-corrected chi connectivity index (χ4v) is 2.62. The number of hydrogen-bond acceptors (Lipinski definition) is 2. The molecule has 2 aromatic rings. The van der Waals surface area contributed by atoms with Crippen LogP contribution in [0.2, 0.25) is 0 Å². The van der Waals surface area contributed by atoms with Gasteiger partial charge in [-0.2, -0.15) is 0 Å². The van der Waals surface area contributed by atoms with Crippen LogP contribution < -0.4 is 5.32 Å². The lowest BCUT2D eigenvalue weighted by molar-refractivity contribution is -0.142. The van der Waals surface area contributed by atoms with E-state index in [1.807, 2.05) is 45.2 Å². The van der Waals surface area contributed by atoms with Crippen LogP contribution in [0.25, 0.3) is 10.9 Å². The Balaban J connectivity index is 2.10. The number of aromatic amines is 1. The molecule has 5 heteroatoms. The minimum atomic E-state index is -0.989. The number of carbonyl (C=O) groups is 2. The third-order valence-electron chi connectivity index (χ3n) is 3.70. The first kappa shape index (κ1) is 16.1. The molecule has 2 rings (SSSR count). The van der Waals surface area contributed by atoms with Gasteiger partial charge < -0.3 is 15.4 Å². The minimum Gasteiger partial charge on any atom is -0.480 e. The molecule has 1 atom stereocenters. The molecule has 0 bridgehead atoms. The van der Waals surface area contributed by atoms with Crippen LogP contribution in [-0.4, -0.2) is 28.0 Å². The van der Waals surface area contributed by atoms with E-state index in [9.17, 15) is 14.7 Å². The summed E-state index contributed by atoms with van der Waals surface area (Å²) in [6, 6.07) is 5.08. The second-order valence-corrected chi connectivity index (χ2v) is 6.08. The molecule has 118 valence electrons. The number of rotatable bonds is 6. The van der Waals surface area contributed by atoms with Crippen molar-refractivity contribution >= 4 is 22.8 Å². The number of hydrogen-bond donors (Lipinski definition) is 3. The molecule has 5 nitrogen and oxygen atoms in total. The van der Waals surface area contributed by atoms with Gasteiger partial charge in [-0.05, 0) is 30.4 Å². The highest BCUT2D eigenvalue weighted by molar-refractivity contribution is 5.91. The van der Waals surface area contributed by atoms with Crippen LogP contribution in [0.1, 0.15) is 31.4 Å². The van der Waals surface area contributed by atoms with E-state index in [0.717, 1.165) is 22.0 Å². The third kappa shape index (κ3) is 3.67. The Labute approximate surface area is 129 Å². The SMILES string of the molecule is Cc1cccc2c(CC(=O)N[C@H](CC(C)C)C(=O)O)c[nH]c12. The molecule has 0 saturated heterocycles. The number of para-hydroxylation sites is 1. The quantitative estimate of drug-likeness (QED) is 0.767. The summed E-state index contributed by atoms with van der Waals surface area (Å²) in [4.78, 5) is 26.5. The van der Waals surface area contributed by atoms with Crippen LogP contribution in [0.3, 0.4) is 0 Å². The number of nitrogens with one attached hydrogen (secondary N) is 2. The number of carboxylic acids is 1. The number of carbonyl (C=O) groups excluding carboxylic acids is 1. The van der Waals surface area contributed by atoms with Gasteiger partial charge in [0.05, 0.1) is 6.42 Å². The second kappa shape index (κ2) is 6.64. The molecular formula is C17H22N2O3. The number of aryl methyl sites for hydroxylation is 1. The van der Waals surface area contributed by atoms with Gasteiger partial charge in [0, 0.05) is 17.1 Å². The van der Waals surface area contributed by atoms with Crippen molar-refractivity contribution in [2.45, 2.75) is 39.7 Å². The molecule has 1 heterocycles. The van der Waals surface area contributed by atoms with Crippen molar-refractivity contribution in [2.24, 2.45) is 5.92 Å². The first-order chi connectivity index (χ1) is 10.4. The maximum Gasteiger partial charge on any atom is 0.326 e.